The molecule has 1 aromatic carbocycles. The van der Waals surface area contributed by atoms with Gasteiger partial charge >= 0.3 is 0 Å². The fourth-order valence-electron chi connectivity index (χ4n) is 4.21. The van der Waals surface area contributed by atoms with Gasteiger partial charge in [0, 0.05) is 19.2 Å². The number of hydrogen-bond donors (Lipinski definition) is 0. The van der Waals surface area contributed by atoms with Gasteiger partial charge in [0.15, 0.2) is 11.5 Å². The van der Waals surface area contributed by atoms with Crippen molar-refractivity contribution in [3.05, 3.63) is 42.0 Å². The summed E-state index contributed by atoms with van der Waals surface area (Å²) in [7, 11) is 3.13. The van der Waals surface area contributed by atoms with Crippen LogP contribution in [0.2, 0.25) is 0 Å². The Labute approximate surface area is 169 Å². The number of amides is 3. The maximum absolute atomic E-state index is 12.6. The van der Waals surface area contributed by atoms with E-state index in [9.17, 15) is 14.4 Å². The van der Waals surface area contributed by atoms with E-state index in [-0.39, 0.29) is 35.6 Å². The minimum absolute atomic E-state index is 0.0812. The second-order valence-electron chi connectivity index (χ2n) is 7.55. The van der Waals surface area contributed by atoms with Crippen molar-refractivity contribution in [2.75, 3.05) is 27.3 Å². The summed E-state index contributed by atoms with van der Waals surface area (Å²) in [6.07, 6.45) is 8.43. The van der Waals surface area contributed by atoms with Gasteiger partial charge in [0.2, 0.25) is 17.7 Å². The lowest BCUT2D eigenvalue weighted by Gasteiger charge is -2.42. The van der Waals surface area contributed by atoms with E-state index in [4.69, 9.17) is 9.47 Å². The predicted octanol–water partition coefficient (Wildman–Crippen LogP) is 1.88. The number of imide groups is 1. The Kier molecular flexibility index (Phi) is 5.13. The SMILES string of the molecule is COc1ccc(/C=C/C(=O)N2CC(N3C(=O)C4CC=CCC4C3=O)C2)cc1OC. The third kappa shape index (κ3) is 3.41. The van der Waals surface area contributed by atoms with Crippen LogP contribution in [-0.2, 0) is 14.4 Å². The van der Waals surface area contributed by atoms with Crippen molar-refractivity contribution in [2.24, 2.45) is 11.8 Å². The molecule has 7 heteroatoms. The molecule has 0 N–H and O–H groups in total. The molecule has 1 aliphatic carbocycles. The van der Waals surface area contributed by atoms with Crippen molar-refractivity contribution in [3.63, 3.8) is 0 Å². The number of benzene rings is 1. The van der Waals surface area contributed by atoms with Crippen LogP contribution >= 0.6 is 0 Å². The molecule has 0 aromatic heterocycles. The molecule has 7 nitrogen and oxygen atoms in total. The van der Waals surface area contributed by atoms with E-state index < -0.39 is 0 Å². The third-order valence-corrected chi connectivity index (χ3v) is 5.91. The van der Waals surface area contributed by atoms with Crippen LogP contribution in [0.4, 0.5) is 0 Å². The molecule has 0 saturated carbocycles. The monoisotopic (exact) mass is 396 g/mol. The molecule has 152 valence electrons. The minimum atomic E-state index is -0.220. The first kappa shape index (κ1) is 19.2. The fraction of sp³-hybridized carbons (Fsp3) is 0.409. The van der Waals surface area contributed by atoms with E-state index >= 15 is 0 Å². The van der Waals surface area contributed by atoms with Gasteiger partial charge in [0.1, 0.15) is 0 Å². The van der Waals surface area contributed by atoms with E-state index in [1.807, 2.05) is 18.2 Å². The summed E-state index contributed by atoms with van der Waals surface area (Å²) in [6.45, 7) is 0.777. The van der Waals surface area contributed by atoms with Crippen LogP contribution in [0.5, 0.6) is 11.5 Å². The van der Waals surface area contributed by atoms with Gasteiger partial charge in [0.05, 0.1) is 32.1 Å². The van der Waals surface area contributed by atoms with E-state index in [2.05, 4.69) is 0 Å². The topological polar surface area (TPSA) is 76.2 Å². The van der Waals surface area contributed by atoms with Crippen molar-refractivity contribution in [2.45, 2.75) is 18.9 Å². The van der Waals surface area contributed by atoms with Crippen LogP contribution < -0.4 is 9.47 Å². The molecule has 2 saturated heterocycles. The lowest BCUT2D eigenvalue weighted by Crippen LogP contribution is -2.62. The molecule has 1 aromatic rings. The Bertz CT molecular complexity index is 874. The Balaban J connectivity index is 1.35. The van der Waals surface area contributed by atoms with E-state index in [1.54, 1.807) is 37.3 Å². The smallest absolute Gasteiger partial charge is 0.246 e. The zero-order chi connectivity index (χ0) is 20.5. The van der Waals surface area contributed by atoms with Gasteiger partial charge in [-0.3, -0.25) is 19.3 Å². The molecule has 3 amide bonds. The summed E-state index contributed by atoms with van der Waals surface area (Å²) in [4.78, 5) is 40.7. The first-order valence-electron chi connectivity index (χ1n) is 9.74. The minimum Gasteiger partial charge on any atom is -0.493 e. The van der Waals surface area contributed by atoms with Gasteiger partial charge in [-0.15, -0.1) is 0 Å². The first-order valence-corrected chi connectivity index (χ1v) is 9.74. The summed E-state index contributed by atoms with van der Waals surface area (Å²) in [5, 5.41) is 0. The fourth-order valence-corrected chi connectivity index (χ4v) is 4.21. The Morgan fingerprint density at radius 1 is 1.00 bits per heavy atom. The van der Waals surface area contributed by atoms with Crippen molar-refractivity contribution in [1.82, 2.24) is 9.80 Å². The number of rotatable bonds is 5. The number of methoxy groups -OCH3 is 2. The number of hydrogen-bond acceptors (Lipinski definition) is 5. The zero-order valence-electron chi connectivity index (χ0n) is 16.5. The van der Waals surface area contributed by atoms with Crippen molar-refractivity contribution < 1.29 is 23.9 Å². The summed E-state index contributed by atoms with van der Waals surface area (Å²) < 4.78 is 10.5. The van der Waals surface area contributed by atoms with Crippen molar-refractivity contribution in [3.8, 4) is 11.5 Å². The second-order valence-corrected chi connectivity index (χ2v) is 7.55. The summed E-state index contributed by atoms with van der Waals surface area (Å²) >= 11 is 0. The molecule has 2 heterocycles. The lowest BCUT2D eigenvalue weighted by atomic mass is 9.85. The van der Waals surface area contributed by atoms with Crippen LogP contribution in [0.15, 0.2) is 36.4 Å². The van der Waals surface area contributed by atoms with E-state index in [0.717, 1.165) is 5.56 Å². The number of nitrogens with zero attached hydrogens (tertiary/aromatic N) is 2. The summed E-state index contributed by atoms with van der Waals surface area (Å²) in [5.41, 5.74) is 0.814. The number of allylic oxidation sites excluding steroid dienone is 2. The molecular formula is C22H24N2O5. The Morgan fingerprint density at radius 2 is 1.62 bits per heavy atom. The number of carbonyl (C=O) groups excluding carboxylic acids is 3. The highest BCUT2D eigenvalue weighted by Crippen LogP contribution is 2.37. The van der Waals surface area contributed by atoms with Crippen LogP contribution in [0.3, 0.4) is 0 Å². The number of likely N-dealkylation sites (tertiary alicyclic amines) is 2. The third-order valence-electron chi connectivity index (χ3n) is 5.91. The Hall–Kier alpha value is -3.09. The first-order chi connectivity index (χ1) is 14.0. The van der Waals surface area contributed by atoms with Gasteiger partial charge in [-0.1, -0.05) is 18.2 Å². The van der Waals surface area contributed by atoms with E-state index in [1.165, 1.54) is 11.0 Å². The average molecular weight is 396 g/mol. The molecule has 0 radical (unpaired) electrons. The highest BCUT2D eigenvalue weighted by molar-refractivity contribution is 6.06. The van der Waals surface area contributed by atoms with Crippen molar-refractivity contribution >= 4 is 23.8 Å². The lowest BCUT2D eigenvalue weighted by molar-refractivity contribution is -0.151. The van der Waals surface area contributed by atoms with Gasteiger partial charge < -0.3 is 14.4 Å². The van der Waals surface area contributed by atoms with E-state index in [0.29, 0.717) is 37.4 Å². The molecule has 4 rings (SSSR count). The standard InChI is InChI=1S/C22H24N2O5/c1-28-18-9-7-14(11-19(18)29-2)8-10-20(25)23-12-15(13-23)24-21(26)16-5-3-4-6-17(16)22(24)27/h3-4,7-11,15-17H,5-6,12-13H2,1-2H3/b10-8+. The molecule has 2 atom stereocenters. The molecule has 3 aliphatic rings. The zero-order valence-corrected chi connectivity index (χ0v) is 16.5. The molecule has 2 fully saturated rings. The molecule has 2 unspecified atom stereocenters. The van der Waals surface area contributed by atoms with Crippen molar-refractivity contribution in [1.29, 1.82) is 0 Å². The maximum Gasteiger partial charge on any atom is 0.246 e. The van der Waals surface area contributed by atoms with Crippen LogP contribution in [-0.4, -0.2) is 60.9 Å². The molecule has 2 aliphatic heterocycles. The van der Waals surface area contributed by atoms with Gasteiger partial charge in [-0.2, -0.15) is 0 Å². The largest absolute Gasteiger partial charge is 0.493 e. The normalized spacial score (nSPS) is 24.1. The number of fused-ring (bicyclic) bond motifs is 1. The Morgan fingerprint density at radius 3 is 2.21 bits per heavy atom. The van der Waals surface area contributed by atoms with Crippen LogP contribution in [0.25, 0.3) is 6.08 Å². The van der Waals surface area contributed by atoms with Gasteiger partial charge in [-0.25, -0.2) is 0 Å². The van der Waals surface area contributed by atoms with Gasteiger partial charge in [-0.05, 0) is 36.6 Å². The number of ether oxygens (including phenoxy) is 2. The second kappa shape index (κ2) is 7.73. The quantitative estimate of drug-likeness (QED) is 0.432. The van der Waals surface area contributed by atoms with Crippen LogP contribution in [0.1, 0.15) is 18.4 Å². The molecule has 0 spiro atoms. The molecular weight excluding hydrogens is 372 g/mol. The highest BCUT2D eigenvalue weighted by atomic mass is 16.5. The summed E-state index contributed by atoms with van der Waals surface area (Å²) in [6, 6.07) is 5.20. The summed E-state index contributed by atoms with van der Waals surface area (Å²) in [5.74, 6) is 0.466. The number of carbonyl (C=O) groups is 3. The average Bonchev–Trinajstić information content (AvgIpc) is 2.96. The van der Waals surface area contributed by atoms with Gasteiger partial charge in [0.25, 0.3) is 0 Å². The maximum atomic E-state index is 12.6. The predicted molar refractivity (Wildman–Crippen MR) is 106 cm³/mol. The highest BCUT2D eigenvalue weighted by Gasteiger charge is 2.52. The van der Waals surface area contributed by atoms with Crippen LogP contribution in [0, 0.1) is 11.8 Å². The molecule has 29 heavy (non-hydrogen) atoms. The molecule has 0 bridgehead atoms.